The van der Waals surface area contributed by atoms with Gasteiger partial charge in [0.15, 0.2) is 0 Å². The standard InChI is InChI=1S/C17H30N2O/c1-17(2)9-3-6-15(17)16(20)19(14-7-8-14)12-13-5-4-10-18-11-13/h13-15,18H,3-12H2,1-2H3. The van der Waals surface area contributed by atoms with Crippen molar-refractivity contribution < 1.29 is 4.79 Å². The Labute approximate surface area is 123 Å². The molecule has 0 radical (unpaired) electrons. The van der Waals surface area contributed by atoms with Crippen LogP contribution >= 0.6 is 0 Å². The molecule has 3 aliphatic rings. The molecule has 1 saturated heterocycles. The van der Waals surface area contributed by atoms with Crippen LogP contribution in [0.5, 0.6) is 0 Å². The van der Waals surface area contributed by atoms with E-state index in [0.717, 1.165) is 26.1 Å². The predicted molar refractivity (Wildman–Crippen MR) is 81.5 cm³/mol. The van der Waals surface area contributed by atoms with Crippen LogP contribution in [0, 0.1) is 17.3 Å². The van der Waals surface area contributed by atoms with Crippen LogP contribution < -0.4 is 5.32 Å². The van der Waals surface area contributed by atoms with Crippen LogP contribution in [0.2, 0.25) is 0 Å². The Morgan fingerprint density at radius 1 is 1.20 bits per heavy atom. The fraction of sp³-hybridized carbons (Fsp3) is 0.941. The summed E-state index contributed by atoms with van der Waals surface area (Å²) in [5, 5.41) is 3.49. The van der Waals surface area contributed by atoms with Crippen LogP contribution in [0.3, 0.4) is 0 Å². The van der Waals surface area contributed by atoms with Crippen molar-refractivity contribution in [3.63, 3.8) is 0 Å². The molecule has 2 saturated carbocycles. The summed E-state index contributed by atoms with van der Waals surface area (Å²) in [6.45, 7) is 7.84. The molecule has 0 aromatic rings. The highest BCUT2D eigenvalue weighted by atomic mass is 16.2. The van der Waals surface area contributed by atoms with Crippen LogP contribution in [-0.4, -0.2) is 36.5 Å². The van der Waals surface area contributed by atoms with E-state index in [-0.39, 0.29) is 11.3 Å². The number of nitrogens with zero attached hydrogens (tertiary/aromatic N) is 1. The van der Waals surface area contributed by atoms with Crippen molar-refractivity contribution in [2.24, 2.45) is 17.3 Å². The number of hydrogen-bond acceptors (Lipinski definition) is 2. The van der Waals surface area contributed by atoms with E-state index < -0.39 is 0 Å². The molecule has 3 nitrogen and oxygen atoms in total. The van der Waals surface area contributed by atoms with Gasteiger partial charge in [0.25, 0.3) is 0 Å². The highest BCUT2D eigenvalue weighted by Gasteiger charge is 2.44. The number of nitrogens with one attached hydrogen (secondary N) is 1. The fourth-order valence-corrected chi connectivity index (χ4v) is 4.15. The average Bonchev–Trinajstić information content (AvgIpc) is 3.20. The van der Waals surface area contributed by atoms with Gasteiger partial charge in [-0.05, 0) is 62.9 Å². The van der Waals surface area contributed by atoms with Crippen molar-refractivity contribution >= 4 is 5.91 Å². The summed E-state index contributed by atoms with van der Waals surface area (Å²) in [4.78, 5) is 15.3. The van der Waals surface area contributed by atoms with Crippen molar-refractivity contribution in [1.82, 2.24) is 10.2 Å². The number of amides is 1. The Balaban J connectivity index is 1.65. The Morgan fingerprint density at radius 3 is 2.55 bits per heavy atom. The topological polar surface area (TPSA) is 32.3 Å². The first-order chi connectivity index (χ1) is 9.58. The summed E-state index contributed by atoms with van der Waals surface area (Å²) in [5.41, 5.74) is 0.217. The Kier molecular flexibility index (Phi) is 4.07. The van der Waals surface area contributed by atoms with Crippen molar-refractivity contribution in [3.05, 3.63) is 0 Å². The molecule has 0 aromatic carbocycles. The summed E-state index contributed by atoms with van der Waals surface area (Å²) >= 11 is 0. The van der Waals surface area contributed by atoms with E-state index in [1.807, 2.05) is 0 Å². The highest BCUT2D eigenvalue weighted by Crippen LogP contribution is 2.44. The van der Waals surface area contributed by atoms with Crippen LogP contribution in [0.15, 0.2) is 0 Å². The Morgan fingerprint density at radius 2 is 2.00 bits per heavy atom. The third-order valence-electron chi connectivity index (χ3n) is 5.68. The van der Waals surface area contributed by atoms with E-state index in [2.05, 4.69) is 24.1 Å². The molecule has 1 N–H and O–H groups in total. The molecule has 3 rings (SSSR count). The minimum Gasteiger partial charge on any atom is -0.339 e. The number of rotatable bonds is 4. The third-order valence-corrected chi connectivity index (χ3v) is 5.68. The van der Waals surface area contributed by atoms with Gasteiger partial charge in [-0.2, -0.15) is 0 Å². The van der Waals surface area contributed by atoms with Gasteiger partial charge >= 0.3 is 0 Å². The molecular weight excluding hydrogens is 248 g/mol. The summed E-state index contributed by atoms with van der Waals surface area (Å²) in [6.07, 6.45) is 8.58. The molecule has 3 fully saturated rings. The Bertz CT molecular complexity index is 356. The lowest BCUT2D eigenvalue weighted by Gasteiger charge is -2.35. The van der Waals surface area contributed by atoms with Gasteiger partial charge in [0, 0.05) is 18.5 Å². The van der Waals surface area contributed by atoms with Crippen LogP contribution in [0.1, 0.15) is 58.8 Å². The highest BCUT2D eigenvalue weighted by molar-refractivity contribution is 5.80. The number of carbonyl (C=O) groups is 1. The lowest BCUT2D eigenvalue weighted by molar-refractivity contribution is -0.139. The first-order valence-electron chi connectivity index (χ1n) is 8.59. The van der Waals surface area contributed by atoms with Crippen molar-refractivity contribution in [1.29, 1.82) is 0 Å². The van der Waals surface area contributed by atoms with Crippen molar-refractivity contribution in [2.75, 3.05) is 19.6 Å². The molecular formula is C17H30N2O. The smallest absolute Gasteiger partial charge is 0.226 e. The molecule has 0 aromatic heterocycles. The van der Waals surface area contributed by atoms with E-state index in [9.17, 15) is 4.79 Å². The van der Waals surface area contributed by atoms with Crippen LogP contribution in [0.25, 0.3) is 0 Å². The first kappa shape index (κ1) is 14.4. The van der Waals surface area contributed by atoms with Gasteiger partial charge in [-0.25, -0.2) is 0 Å². The number of piperidine rings is 1. The molecule has 1 heterocycles. The number of hydrogen-bond donors (Lipinski definition) is 1. The lowest BCUT2D eigenvalue weighted by atomic mass is 9.81. The summed E-state index contributed by atoms with van der Waals surface area (Å²) < 4.78 is 0. The second-order valence-corrected chi connectivity index (χ2v) is 7.87. The quantitative estimate of drug-likeness (QED) is 0.857. The predicted octanol–water partition coefficient (Wildman–Crippen LogP) is 2.80. The zero-order valence-electron chi connectivity index (χ0n) is 13.2. The minimum atomic E-state index is 0.217. The minimum absolute atomic E-state index is 0.217. The maximum atomic E-state index is 13.0. The number of carbonyl (C=O) groups excluding carboxylic acids is 1. The second kappa shape index (κ2) is 5.67. The molecule has 2 aliphatic carbocycles. The van der Waals surface area contributed by atoms with E-state index in [4.69, 9.17) is 0 Å². The van der Waals surface area contributed by atoms with Gasteiger partial charge < -0.3 is 10.2 Å². The van der Waals surface area contributed by atoms with Gasteiger partial charge in [-0.1, -0.05) is 20.3 Å². The SMILES string of the molecule is CC1(C)CCCC1C(=O)N(CC1CCCNC1)C1CC1. The Hall–Kier alpha value is -0.570. The van der Waals surface area contributed by atoms with E-state index in [1.54, 1.807) is 0 Å². The maximum Gasteiger partial charge on any atom is 0.226 e. The van der Waals surface area contributed by atoms with Crippen molar-refractivity contribution in [2.45, 2.75) is 64.8 Å². The third kappa shape index (κ3) is 3.03. The van der Waals surface area contributed by atoms with Crippen LogP contribution in [-0.2, 0) is 4.79 Å². The van der Waals surface area contributed by atoms with E-state index in [0.29, 0.717) is 17.9 Å². The molecule has 20 heavy (non-hydrogen) atoms. The average molecular weight is 278 g/mol. The van der Waals surface area contributed by atoms with Crippen molar-refractivity contribution in [3.8, 4) is 0 Å². The zero-order valence-corrected chi connectivity index (χ0v) is 13.2. The van der Waals surface area contributed by atoms with E-state index in [1.165, 1.54) is 38.5 Å². The van der Waals surface area contributed by atoms with Gasteiger partial charge in [0.1, 0.15) is 0 Å². The zero-order chi connectivity index (χ0) is 14.2. The molecule has 1 aliphatic heterocycles. The summed E-state index contributed by atoms with van der Waals surface area (Å²) in [6, 6.07) is 0.570. The normalized spacial score (nSPS) is 33.1. The van der Waals surface area contributed by atoms with E-state index >= 15 is 0 Å². The molecule has 114 valence electrons. The summed E-state index contributed by atoms with van der Waals surface area (Å²) in [5.74, 6) is 1.43. The van der Waals surface area contributed by atoms with Gasteiger partial charge in [0.2, 0.25) is 5.91 Å². The van der Waals surface area contributed by atoms with Crippen LogP contribution in [0.4, 0.5) is 0 Å². The van der Waals surface area contributed by atoms with Gasteiger partial charge in [-0.3, -0.25) is 4.79 Å². The monoisotopic (exact) mass is 278 g/mol. The second-order valence-electron chi connectivity index (χ2n) is 7.87. The molecule has 0 bridgehead atoms. The first-order valence-corrected chi connectivity index (χ1v) is 8.59. The molecule has 2 unspecified atom stereocenters. The molecule has 2 atom stereocenters. The molecule has 3 heteroatoms. The lowest BCUT2D eigenvalue weighted by Crippen LogP contribution is -2.46. The van der Waals surface area contributed by atoms with Gasteiger partial charge in [0.05, 0.1) is 0 Å². The molecule has 0 spiro atoms. The maximum absolute atomic E-state index is 13.0. The van der Waals surface area contributed by atoms with Gasteiger partial charge in [-0.15, -0.1) is 0 Å². The largest absolute Gasteiger partial charge is 0.339 e. The summed E-state index contributed by atoms with van der Waals surface area (Å²) in [7, 11) is 0. The fourth-order valence-electron chi connectivity index (χ4n) is 4.15. The molecule has 1 amide bonds.